The summed E-state index contributed by atoms with van der Waals surface area (Å²) in [4.78, 5) is 5.20. The third kappa shape index (κ3) is 7.59. The summed E-state index contributed by atoms with van der Waals surface area (Å²) in [6.07, 6.45) is 2.74. The van der Waals surface area contributed by atoms with E-state index in [0.717, 1.165) is 40.9 Å². The topological polar surface area (TPSA) is 87.7 Å². The molecule has 7 nitrogen and oxygen atoms in total. The lowest BCUT2D eigenvalue weighted by Gasteiger charge is -2.28. The second-order valence-electron chi connectivity index (χ2n) is 10.3. The molecule has 0 unspecified atom stereocenters. The van der Waals surface area contributed by atoms with Crippen LogP contribution in [0.1, 0.15) is 41.4 Å². The number of pyridine rings is 1. The first kappa shape index (κ1) is 32.0. The number of halogens is 1. The molecular formula is C30H38ClN3O4S2. The maximum Gasteiger partial charge on any atom is 0.243 e. The summed E-state index contributed by atoms with van der Waals surface area (Å²) in [6.45, 7) is 10.5. The summed E-state index contributed by atoms with van der Waals surface area (Å²) in [6, 6.07) is 17.6. The molecule has 4 rings (SSSR count). The number of hydrogen-bond donors (Lipinski definition) is 0. The summed E-state index contributed by atoms with van der Waals surface area (Å²) in [7, 11) is -7.69. The standard InChI is InChI=1S/C30H37N3O4S2.ClH/c1-5-6-26-19-27-15-17-32(38(34,35)29-11-7-23(2)8-12-29)21-25(4)22-33(18-16-28(20-26)31-27)39(36,37)30-13-9-24(3)10-14-30;/h7-14,19-20H,4-6,15-18,21-22H2,1-3H3;1H. The van der Waals surface area contributed by atoms with Crippen molar-refractivity contribution in [1.29, 1.82) is 0 Å². The van der Waals surface area contributed by atoms with E-state index in [0.29, 0.717) is 18.4 Å². The van der Waals surface area contributed by atoms with Crippen molar-refractivity contribution in [2.75, 3.05) is 26.2 Å². The van der Waals surface area contributed by atoms with Gasteiger partial charge in [-0.2, -0.15) is 8.61 Å². The number of sulfonamides is 2. The monoisotopic (exact) mass is 603 g/mol. The highest BCUT2D eigenvalue weighted by molar-refractivity contribution is 7.89. The van der Waals surface area contributed by atoms with Gasteiger partial charge < -0.3 is 0 Å². The van der Waals surface area contributed by atoms with Crippen molar-refractivity contribution in [3.05, 3.63) is 101 Å². The van der Waals surface area contributed by atoms with Crippen LogP contribution in [0.3, 0.4) is 0 Å². The number of benzene rings is 2. The molecular weight excluding hydrogens is 566 g/mol. The van der Waals surface area contributed by atoms with Gasteiger partial charge in [0.05, 0.1) is 9.79 Å². The summed E-state index contributed by atoms with van der Waals surface area (Å²) in [5.41, 5.74) is 5.17. The molecule has 0 saturated heterocycles. The van der Waals surface area contributed by atoms with Gasteiger partial charge in [0, 0.05) is 50.4 Å². The Bertz CT molecular complexity index is 1430. The predicted molar refractivity (Wildman–Crippen MR) is 162 cm³/mol. The van der Waals surface area contributed by atoms with Crippen LogP contribution in [0, 0.1) is 13.8 Å². The van der Waals surface area contributed by atoms with Crippen LogP contribution in [-0.4, -0.2) is 56.6 Å². The van der Waals surface area contributed by atoms with E-state index in [4.69, 9.17) is 4.98 Å². The Hall–Kier alpha value is -2.56. The van der Waals surface area contributed by atoms with Crippen molar-refractivity contribution >= 4 is 32.5 Å². The van der Waals surface area contributed by atoms with Crippen molar-refractivity contribution < 1.29 is 16.8 Å². The van der Waals surface area contributed by atoms with Gasteiger partial charge in [-0.25, -0.2) is 16.8 Å². The van der Waals surface area contributed by atoms with Gasteiger partial charge in [0.15, 0.2) is 0 Å². The normalized spacial score (nSPS) is 16.0. The molecule has 2 aromatic carbocycles. The SMILES string of the molecule is C=C1CN(S(=O)(=O)c2ccc(C)cc2)CCc2cc(CCC)cc(n2)CCN(S(=O)(=O)c2ccc(C)cc2)C1.Cl. The maximum atomic E-state index is 13.7. The van der Waals surface area contributed by atoms with Gasteiger partial charge in [-0.15, -0.1) is 12.4 Å². The van der Waals surface area contributed by atoms with Gasteiger partial charge in [-0.1, -0.05) is 55.3 Å². The first-order valence-electron chi connectivity index (χ1n) is 13.3. The first-order chi connectivity index (χ1) is 18.5. The largest absolute Gasteiger partial charge is 0.258 e. The van der Waals surface area contributed by atoms with E-state index in [-0.39, 0.29) is 48.4 Å². The lowest BCUT2D eigenvalue weighted by atomic mass is 10.1. The van der Waals surface area contributed by atoms with E-state index in [1.54, 1.807) is 48.5 Å². The molecule has 10 heteroatoms. The van der Waals surface area contributed by atoms with Crippen molar-refractivity contribution in [1.82, 2.24) is 13.6 Å². The molecule has 1 aliphatic heterocycles. The summed E-state index contributed by atoms with van der Waals surface area (Å²) in [5.74, 6) is 0. The molecule has 0 amide bonds. The zero-order valence-electron chi connectivity index (χ0n) is 23.3. The Labute approximate surface area is 245 Å². The quantitative estimate of drug-likeness (QED) is 0.366. The Morgan fingerprint density at radius 2 is 1.15 bits per heavy atom. The van der Waals surface area contributed by atoms with E-state index in [2.05, 4.69) is 13.5 Å². The fraction of sp³-hybridized carbons (Fsp3) is 0.367. The van der Waals surface area contributed by atoms with E-state index in [1.165, 1.54) is 8.61 Å². The van der Waals surface area contributed by atoms with Crippen LogP contribution in [-0.2, 0) is 39.3 Å². The second kappa shape index (κ2) is 13.4. The molecule has 3 aromatic rings. The minimum atomic E-state index is -3.85. The molecule has 0 atom stereocenters. The van der Waals surface area contributed by atoms with Crippen LogP contribution in [0.25, 0.3) is 0 Å². The smallest absolute Gasteiger partial charge is 0.243 e. The molecule has 0 aliphatic carbocycles. The average Bonchev–Trinajstić information content (AvgIpc) is 2.89. The Balaban J connectivity index is 0.00000441. The van der Waals surface area contributed by atoms with Gasteiger partial charge in [0.25, 0.3) is 0 Å². The van der Waals surface area contributed by atoms with Crippen molar-refractivity contribution in [3.8, 4) is 0 Å². The third-order valence-corrected chi connectivity index (χ3v) is 10.6. The van der Waals surface area contributed by atoms with Crippen LogP contribution in [0.15, 0.2) is 82.6 Å². The molecule has 1 aliphatic rings. The molecule has 2 heterocycles. The van der Waals surface area contributed by atoms with Gasteiger partial charge in [0.2, 0.25) is 20.0 Å². The molecule has 2 bridgehead atoms. The second-order valence-corrected chi connectivity index (χ2v) is 14.1. The molecule has 216 valence electrons. The number of hydrogen-bond acceptors (Lipinski definition) is 5. The Kier molecular flexibility index (Phi) is 10.7. The van der Waals surface area contributed by atoms with E-state index < -0.39 is 20.0 Å². The van der Waals surface area contributed by atoms with E-state index in [1.807, 2.05) is 26.0 Å². The maximum absolute atomic E-state index is 13.7. The highest BCUT2D eigenvalue weighted by atomic mass is 35.5. The summed E-state index contributed by atoms with van der Waals surface area (Å²) in [5, 5.41) is 0. The lowest BCUT2D eigenvalue weighted by molar-refractivity contribution is 0.401. The van der Waals surface area contributed by atoms with Crippen LogP contribution < -0.4 is 0 Å². The van der Waals surface area contributed by atoms with Crippen molar-refractivity contribution in [3.63, 3.8) is 0 Å². The Morgan fingerprint density at radius 1 is 0.750 bits per heavy atom. The molecule has 1 aromatic heterocycles. The third-order valence-electron chi connectivity index (χ3n) is 6.88. The molecule has 40 heavy (non-hydrogen) atoms. The zero-order valence-corrected chi connectivity index (χ0v) is 25.8. The van der Waals surface area contributed by atoms with Gasteiger partial charge in [0.1, 0.15) is 0 Å². The predicted octanol–water partition coefficient (Wildman–Crippen LogP) is 5.11. The van der Waals surface area contributed by atoms with E-state index >= 15 is 0 Å². The minimum absolute atomic E-state index is 0. The number of fused-ring (bicyclic) bond motifs is 2. The summed E-state index contributed by atoms with van der Waals surface area (Å²) >= 11 is 0. The van der Waals surface area contributed by atoms with Gasteiger partial charge in [-0.05, 0) is 67.8 Å². The molecule has 0 fully saturated rings. The minimum Gasteiger partial charge on any atom is -0.258 e. The van der Waals surface area contributed by atoms with Crippen LogP contribution >= 0.6 is 12.4 Å². The number of aromatic nitrogens is 1. The van der Waals surface area contributed by atoms with Crippen LogP contribution in [0.4, 0.5) is 0 Å². The number of rotatable bonds is 6. The fourth-order valence-electron chi connectivity index (χ4n) is 4.72. The first-order valence-corrected chi connectivity index (χ1v) is 16.2. The van der Waals surface area contributed by atoms with E-state index in [9.17, 15) is 16.8 Å². The van der Waals surface area contributed by atoms with Crippen LogP contribution in [0.5, 0.6) is 0 Å². The van der Waals surface area contributed by atoms with Crippen LogP contribution in [0.2, 0.25) is 0 Å². The van der Waals surface area contributed by atoms with Crippen molar-refractivity contribution in [2.24, 2.45) is 0 Å². The molecule has 0 spiro atoms. The summed E-state index contributed by atoms with van der Waals surface area (Å²) < 4.78 is 57.7. The lowest BCUT2D eigenvalue weighted by Crippen LogP contribution is -2.40. The Morgan fingerprint density at radius 3 is 1.52 bits per heavy atom. The number of nitrogens with zero attached hydrogens (tertiary/aromatic N) is 3. The van der Waals surface area contributed by atoms with Crippen molar-refractivity contribution in [2.45, 2.75) is 56.2 Å². The van der Waals surface area contributed by atoms with Gasteiger partial charge >= 0.3 is 0 Å². The molecule has 0 radical (unpaired) electrons. The molecule has 0 N–H and O–H groups in total. The highest BCUT2D eigenvalue weighted by Gasteiger charge is 2.29. The molecule has 0 saturated carbocycles. The number of aryl methyl sites for hydroxylation is 3. The van der Waals surface area contributed by atoms with Gasteiger partial charge in [-0.3, -0.25) is 4.98 Å². The zero-order chi connectivity index (χ0) is 28.2. The highest BCUT2D eigenvalue weighted by Crippen LogP contribution is 2.23. The average molecular weight is 604 g/mol. The fourth-order valence-corrected chi connectivity index (χ4v) is 7.65.